The van der Waals surface area contributed by atoms with Crippen LogP contribution in [0.4, 0.5) is 0 Å². The molecule has 0 spiro atoms. The molecule has 0 N–H and O–H groups in total. The summed E-state index contributed by atoms with van der Waals surface area (Å²) in [5, 5.41) is 8.55. The van der Waals surface area contributed by atoms with E-state index in [1.807, 2.05) is 0 Å². The van der Waals surface area contributed by atoms with Crippen molar-refractivity contribution in [2.45, 2.75) is 0 Å². The first kappa shape index (κ1) is 22.3. The molecular formula is C32H18O2S4. The van der Waals surface area contributed by atoms with Crippen molar-refractivity contribution in [1.82, 2.24) is 0 Å². The summed E-state index contributed by atoms with van der Waals surface area (Å²) in [6, 6.07) is 34.0. The SMILES string of the molecule is c1csc(-c2ccc(-c3oc(-c4oc(-c5ccc(-c6cccs6)s5)c5ccccc45)c4ccccc34)s2)c1. The molecule has 0 radical (unpaired) electrons. The highest BCUT2D eigenvalue weighted by Gasteiger charge is 2.24. The van der Waals surface area contributed by atoms with Gasteiger partial charge in [-0.3, -0.25) is 0 Å². The number of rotatable bonds is 5. The molecule has 2 aromatic carbocycles. The van der Waals surface area contributed by atoms with E-state index in [-0.39, 0.29) is 0 Å². The standard InChI is InChI=1S/C32H18O2S4/c1-3-9-21-19(7-1)29(27-15-13-25(37-27)23-11-5-17-35-23)33-31(21)32-22-10-4-2-8-20(22)30(34-32)28-16-14-26(38-28)24-12-6-18-36-24/h1-18H. The molecule has 0 saturated heterocycles. The van der Waals surface area contributed by atoms with E-state index in [0.29, 0.717) is 0 Å². The molecule has 0 atom stereocenters. The van der Waals surface area contributed by atoms with Gasteiger partial charge in [-0.05, 0) is 47.2 Å². The zero-order valence-electron chi connectivity index (χ0n) is 19.8. The van der Waals surface area contributed by atoms with Crippen LogP contribution in [0.1, 0.15) is 0 Å². The van der Waals surface area contributed by atoms with Crippen molar-refractivity contribution in [2.24, 2.45) is 0 Å². The van der Waals surface area contributed by atoms with Gasteiger partial charge in [0, 0.05) is 41.1 Å². The molecule has 0 unspecified atom stereocenters. The molecule has 0 aliphatic heterocycles. The van der Waals surface area contributed by atoms with Crippen molar-refractivity contribution in [1.29, 1.82) is 0 Å². The highest BCUT2D eigenvalue weighted by molar-refractivity contribution is 7.23. The van der Waals surface area contributed by atoms with Gasteiger partial charge in [-0.2, -0.15) is 0 Å². The number of hydrogen-bond donors (Lipinski definition) is 0. The first-order chi connectivity index (χ1) is 18.8. The highest BCUT2D eigenvalue weighted by atomic mass is 32.1. The smallest absolute Gasteiger partial charge is 0.178 e. The van der Waals surface area contributed by atoms with Crippen LogP contribution in [0, 0.1) is 0 Å². The lowest BCUT2D eigenvalue weighted by molar-refractivity contribution is 0.546. The van der Waals surface area contributed by atoms with Crippen LogP contribution in [0.25, 0.3) is 73.8 Å². The zero-order valence-corrected chi connectivity index (χ0v) is 23.1. The fourth-order valence-electron chi connectivity index (χ4n) is 4.91. The molecule has 8 rings (SSSR count). The van der Waals surface area contributed by atoms with E-state index in [0.717, 1.165) is 54.3 Å². The normalized spacial score (nSPS) is 11.7. The van der Waals surface area contributed by atoms with Crippen LogP contribution in [-0.2, 0) is 0 Å². The summed E-state index contributed by atoms with van der Waals surface area (Å²) in [6.45, 7) is 0. The van der Waals surface area contributed by atoms with Gasteiger partial charge in [0.05, 0.1) is 9.75 Å². The van der Waals surface area contributed by atoms with E-state index in [2.05, 4.69) is 108 Å². The summed E-state index contributed by atoms with van der Waals surface area (Å²) in [6.07, 6.45) is 0. The van der Waals surface area contributed by atoms with Gasteiger partial charge in [-0.1, -0.05) is 60.7 Å². The number of furan rings is 2. The minimum atomic E-state index is 0.777. The molecule has 2 nitrogen and oxygen atoms in total. The average molecular weight is 563 g/mol. The van der Waals surface area contributed by atoms with E-state index in [4.69, 9.17) is 8.83 Å². The Bertz CT molecular complexity index is 1880. The van der Waals surface area contributed by atoms with Crippen LogP contribution in [0.2, 0.25) is 0 Å². The van der Waals surface area contributed by atoms with E-state index < -0.39 is 0 Å². The van der Waals surface area contributed by atoms with Crippen molar-refractivity contribution >= 4 is 66.9 Å². The Kier molecular flexibility index (Phi) is 5.26. The number of thiophene rings is 4. The monoisotopic (exact) mass is 562 g/mol. The van der Waals surface area contributed by atoms with E-state index in [1.54, 1.807) is 45.3 Å². The van der Waals surface area contributed by atoms with Gasteiger partial charge in [0.15, 0.2) is 23.0 Å². The number of fused-ring (bicyclic) bond motifs is 2. The van der Waals surface area contributed by atoms with Gasteiger partial charge in [-0.15, -0.1) is 45.3 Å². The van der Waals surface area contributed by atoms with E-state index >= 15 is 0 Å². The molecule has 0 aliphatic carbocycles. The van der Waals surface area contributed by atoms with Crippen molar-refractivity contribution in [3.8, 4) is 52.3 Å². The van der Waals surface area contributed by atoms with Crippen LogP contribution in [-0.4, -0.2) is 0 Å². The maximum atomic E-state index is 6.71. The van der Waals surface area contributed by atoms with E-state index in [1.165, 1.54) is 19.5 Å². The second kappa shape index (κ2) is 8.96. The summed E-state index contributed by atoms with van der Waals surface area (Å²) in [7, 11) is 0. The lowest BCUT2D eigenvalue weighted by atomic mass is 10.1. The van der Waals surface area contributed by atoms with Crippen LogP contribution >= 0.6 is 45.3 Å². The molecule has 182 valence electrons. The van der Waals surface area contributed by atoms with Crippen molar-refractivity contribution in [3.63, 3.8) is 0 Å². The van der Waals surface area contributed by atoms with Gasteiger partial charge < -0.3 is 8.83 Å². The van der Waals surface area contributed by atoms with Crippen molar-refractivity contribution < 1.29 is 8.83 Å². The minimum absolute atomic E-state index is 0.777. The predicted molar refractivity (Wildman–Crippen MR) is 165 cm³/mol. The van der Waals surface area contributed by atoms with Gasteiger partial charge in [0.1, 0.15) is 0 Å². The number of hydrogen-bond acceptors (Lipinski definition) is 6. The Balaban J connectivity index is 1.30. The van der Waals surface area contributed by atoms with Gasteiger partial charge in [0.25, 0.3) is 0 Å². The van der Waals surface area contributed by atoms with Crippen LogP contribution < -0.4 is 0 Å². The fraction of sp³-hybridized carbons (Fsp3) is 0. The molecule has 6 aromatic heterocycles. The van der Waals surface area contributed by atoms with Crippen molar-refractivity contribution in [2.75, 3.05) is 0 Å². The first-order valence-electron chi connectivity index (χ1n) is 12.1. The Morgan fingerprint density at radius 1 is 0.342 bits per heavy atom. The molecule has 38 heavy (non-hydrogen) atoms. The summed E-state index contributed by atoms with van der Waals surface area (Å²) in [4.78, 5) is 7.29. The van der Waals surface area contributed by atoms with Crippen LogP contribution in [0.3, 0.4) is 0 Å². The molecule has 0 bridgehead atoms. The lowest BCUT2D eigenvalue weighted by Crippen LogP contribution is -1.72. The predicted octanol–water partition coefficient (Wildman–Crippen LogP) is 11.8. The molecule has 0 aliphatic rings. The highest BCUT2D eigenvalue weighted by Crippen LogP contribution is 2.48. The third-order valence-electron chi connectivity index (χ3n) is 6.63. The molecular weight excluding hydrogens is 545 g/mol. The molecule has 6 heterocycles. The Morgan fingerprint density at radius 2 is 0.737 bits per heavy atom. The van der Waals surface area contributed by atoms with Crippen molar-refractivity contribution in [3.05, 3.63) is 108 Å². The second-order valence-corrected chi connectivity index (χ2v) is 13.0. The van der Waals surface area contributed by atoms with Gasteiger partial charge in [0.2, 0.25) is 0 Å². The third-order valence-corrected chi connectivity index (χ3v) is 10.9. The molecule has 6 heteroatoms. The first-order valence-corrected chi connectivity index (χ1v) is 15.5. The fourth-order valence-corrected chi connectivity index (χ4v) is 8.58. The largest absolute Gasteiger partial charge is 0.451 e. The molecule has 8 aromatic rings. The van der Waals surface area contributed by atoms with Crippen LogP contribution in [0.5, 0.6) is 0 Å². The summed E-state index contributed by atoms with van der Waals surface area (Å²) >= 11 is 7.04. The maximum Gasteiger partial charge on any atom is 0.178 e. The zero-order chi connectivity index (χ0) is 25.1. The minimum Gasteiger partial charge on any atom is -0.451 e. The lowest BCUT2D eigenvalue weighted by Gasteiger charge is -1.95. The van der Waals surface area contributed by atoms with Gasteiger partial charge in [-0.25, -0.2) is 0 Å². The maximum absolute atomic E-state index is 6.71. The number of benzene rings is 2. The molecule has 0 fully saturated rings. The Labute approximate surface area is 234 Å². The molecule has 0 saturated carbocycles. The Morgan fingerprint density at radius 3 is 1.13 bits per heavy atom. The molecule has 0 amide bonds. The average Bonchev–Trinajstić information content (AvgIpc) is 3.79. The second-order valence-electron chi connectivity index (χ2n) is 8.89. The summed E-state index contributed by atoms with van der Waals surface area (Å²) < 4.78 is 13.4. The Hall–Kier alpha value is -3.68. The summed E-state index contributed by atoms with van der Waals surface area (Å²) in [5.41, 5.74) is 0. The van der Waals surface area contributed by atoms with E-state index in [9.17, 15) is 0 Å². The quantitative estimate of drug-likeness (QED) is 0.208. The summed E-state index contributed by atoms with van der Waals surface area (Å²) in [5.74, 6) is 3.33. The van der Waals surface area contributed by atoms with Gasteiger partial charge >= 0.3 is 0 Å². The van der Waals surface area contributed by atoms with Crippen LogP contribution in [0.15, 0.2) is 117 Å². The topological polar surface area (TPSA) is 26.3 Å². The third kappa shape index (κ3) is 3.56.